The zero-order chi connectivity index (χ0) is 26.2. The van der Waals surface area contributed by atoms with E-state index in [0.29, 0.717) is 32.1 Å². The van der Waals surface area contributed by atoms with Gasteiger partial charge in [0.1, 0.15) is 18.4 Å². The Kier molecular flexibility index (Phi) is 10.7. The third kappa shape index (κ3) is 8.04. The number of likely N-dealkylation sites (N-methyl/N-ethyl adjacent to an activating group) is 1. The van der Waals surface area contributed by atoms with Gasteiger partial charge in [-0.15, -0.1) is 0 Å². The van der Waals surface area contributed by atoms with Crippen LogP contribution in [0.25, 0.3) is 0 Å². The first-order chi connectivity index (χ1) is 16.5. The van der Waals surface area contributed by atoms with Crippen molar-refractivity contribution in [3.63, 3.8) is 0 Å². The number of carbonyl (C=O) groups excluding carboxylic acids is 5. The van der Waals surface area contributed by atoms with E-state index < -0.39 is 29.4 Å². The zero-order valence-corrected chi connectivity index (χ0v) is 22.0. The van der Waals surface area contributed by atoms with Gasteiger partial charge in [-0.2, -0.15) is 0 Å². The average molecular weight is 493 g/mol. The first-order valence-corrected chi connectivity index (χ1v) is 13.1. The van der Waals surface area contributed by atoms with Gasteiger partial charge >= 0.3 is 0 Å². The van der Waals surface area contributed by atoms with Crippen molar-refractivity contribution in [2.24, 2.45) is 17.3 Å². The van der Waals surface area contributed by atoms with Crippen LogP contribution in [0.15, 0.2) is 0 Å². The van der Waals surface area contributed by atoms with Crippen LogP contribution in [0.5, 0.6) is 0 Å². The lowest BCUT2D eigenvalue weighted by Gasteiger charge is -2.34. The molecule has 1 saturated carbocycles. The second-order valence-electron chi connectivity index (χ2n) is 11.1. The molecule has 0 radical (unpaired) electrons. The molecule has 1 saturated heterocycles. The third-order valence-electron chi connectivity index (χ3n) is 7.21. The van der Waals surface area contributed by atoms with E-state index >= 15 is 0 Å². The summed E-state index contributed by atoms with van der Waals surface area (Å²) in [5, 5.41) is 8.53. The molecule has 198 valence electrons. The summed E-state index contributed by atoms with van der Waals surface area (Å²) in [6, 6.07) is -2.26. The number of nitrogens with zero attached hydrogens (tertiary/aromatic N) is 1. The summed E-state index contributed by atoms with van der Waals surface area (Å²) in [6.07, 6.45) is 7.25. The van der Waals surface area contributed by atoms with Crippen molar-refractivity contribution in [1.29, 1.82) is 0 Å². The molecule has 0 aromatic heterocycles. The highest BCUT2D eigenvalue weighted by Gasteiger charge is 2.39. The Balaban J connectivity index is 2.14. The Hall–Kier alpha value is -2.45. The molecule has 0 aromatic rings. The van der Waals surface area contributed by atoms with Crippen LogP contribution in [0, 0.1) is 17.3 Å². The fourth-order valence-corrected chi connectivity index (χ4v) is 4.97. The van der Waals surface area contributed by atoms with Gasteiger partial charge in [0.05, 0.1) is 6.04 Å². The molecule has 2 fully saturated rings. The number of rotatable bonds is 11. The van der Waals surface area contributed by atoms with Crippen molar-refractivity contribution >= 4 is 29.9 Å². The molecule has 9 nitrogen and oxygen atoms in total. The van der Waals surface area contributed by atoms with E-state index in [1.54, 1.807) is 7.05 Å². The van der Waals surface area contributed by atoms with Gasteiger partial charge in [0.15, 0.2) is 0 Å². The first kappa shape index (κ1) is 28.8. The molecule has 0 aromatic carbocycles. The zero-order valence-electron chi connectivity index (χ0n) is 22.0. The Morgan fingerprint density at radius 2 is 1.77 bits per heavy atom. The number of hydrogen-bond donors (Lipinski definition) is 3. The minimum atomic E-state index is -0.801. The molecular formula is C26H44N4O5. The summed E-state index contributed by atoms with van der Waals surface area (Å²) in [4.78, 5) is 64.9. The summed E-state index contributed by atoms with van der Waals surface area (Å²) in [6.45, 7) is 7.98. The molecule has 2 aliphatic rings. The molecule has 0 bridgehead atoms. The molecule has 0 unspecified atom stereocenters. The number of aldehydes is 1. The molecular weight excluding hydrogens is 448 g/mol. The maximum absolute atomic E-state index is 13.6. The molecule has 4 atom stereocenters. The molecule has 3 N–H and O–H groups in total. The summed E-state index contributed by atoms with van der Waals surface area (Å²) < 4.78 is 0. The highest BCUT2D eigenvalue weighted by atomic mass is 16.2. The van der Waals surface area contributed by atoms with Crippen molar-refractivity contribution in [2.45, 2.75) is 104 Å². The molecule has 1 aliphatic carbocycles. The van der Waals surface area contributed by atoms with Crippen molar-refractivity contribution in [2.75, 3.05) is 13.6 Å². The second kappa shape index (κ2) is 13.0. The first-order valence-electron chi connectivity index (χ1n) is 13.1. The number of hydrogen-bond acceptors (Lipinski definition) is 5. The van der Waals surface area contributed by atoms with Crippen LogP contribution in [0.1, 0.15) is 85.5 Å². The van der Waals surface area contributed by atoms with Crippen molar-refractivity contribution in [1.82, 2.24) is 20.9 Å². The van der Waals surface area contributed by atoms with E-state index in [0.717, 1.165) is 32.1 Å². The van der Waals surface area contributed by atoms with Gasteiger partial charge in [-0.05, 0) is 44.4 Å². The van der Waals surface area contributed by atoms with Crippen LogP contribution in [0.2, 0.25) is 0 Å². The monoisotopic (exact) mass is 492 g/mol. The third-order valence-corrected chi connectivity index (χ3v) is 7.21. The molecule has 35 heavy (non-hydrogen) atoms. The van der Waals surface area contributed by atoms with Crippen LogP contribution in [-0.2, 0) is 24.0 Å². The highest BCUT2D eigenvalue weighted by molar-refractivity contribution is 5.93. The summed E-state index contributed by atoms with van der Waals surface area (Å²) in [7, 11) is 1.60. The van der Waals surface area contributed by atoms with Gasteiger partial charge in [-0.3, -0.25) is 19.2 Å². The Labute approximate surface area is 209 Å². The van der Waals surface area contributed by atoms with E-state index in [-0.39, 0.29) is 36.0 Å². The van der Waals surface area contributed by atoms with Crippen LogP contribution in [-0.4, -0.2) is 66.5 Å². The summed E-state index contributed by atoms with van der Waals surface area (Å²) in [5.41, 5.74) is -0.640. The molecule has 0 spiro atoms. The topological polar surface area (TPSA) is 125 Å². The fraction of sp³-hybridized carbons (Fsp3) is 0.808. The van der Waals surface area contributed by atoms with Crippen LogP contribution < -0.4 is 16.0 Å². The van der Waals surface area contributed by atoms with E-state index in [1.807, 2.05) is 27.7 Å². The van der Waals surface area contributed by atoms with Crippen molar-refractivity contribution < 1.29 is 24.0 Å². The predicted octanol–water partition coefficient (Wildman–Crippen LogP) is 1.93. The number of nitrogens with one attached hydrogen (secondary N) is 3. The average Bonchev–Trinajstić information content (AvgIpc) is 3.34. The molecule has 1 aliphatic heterocycles. The standard InChI is InChI=1S/C26H44N4O5/c1-6-10-20(23(33)28-19(16-31)15-18-13-9-14-27-22(18)32)30(5)24(34)21(17-11-7-8-12-17)29-25(35)26(2,3)4/h16-21H,6-15H2,1-5H3,(H,27,32)(H,28,33)(H,29,35)/t18-,19-,20-,21+/m0/s1. The maximum Gasteiger partial charge on any atom is 0.245 e. The number of amides is 4. The van der Waals surface area contributed by atoms with Crippen LogP contribution in [0.4, 0.5) is 0 Å². The Bertz CT molecular complexity index is 772. The van der Waals surface area contributed by atoms with Gasteiger partial charge in [0, 0.05) is 24.9 Å². The van der Waals surface area contributed by atoms with Gasteiger partial charge in [0.2, 0.25) is 23.6 Å². The van der Waals surface area contributed by atoms with Gasteiger partial charge in [-0.25, -0.2) is 0 Å². The number of piperidine rings is 1. The summed E-state index contributed by atoms with van der Waals surface area (Å²) in [5.74, 6) is -1.26. The van der Waals surface area contributed by atoms with Gasteiger partial charge < -0.3 is 25.6 Å². The number of carbonyl (C=O) groups is 5. The lowest BCUT2D eigenvalue weighted by Crippen LogP contribution is -2.58. The molecule has 2 rings (SSSR count). The Morgan fingerprint density at radius 3 is 2.31 bits per heavy atom. The lowest BCUT2D eigenvalue weighted by molar-refractivity contribution is -0.144. The second-order valence-corrected chi connectivity index (χ2v) is 11.1. The maximum atomic E-state index is 13.6. The highest BCUT2D eigenvalue weighted by Crippen LogP contribution is 2.30. The van der Waals surface area contributed by atoms with Gasteiger partial charge in [-0.1, -0.05) is 47.0 Å². The predicted molar refractivity (Wildman–Crippen MR) is 133 cm³/mol. The quantitative estimate of drug-likeness (QED) is 0.380. The van der Waals surface area contributed by atoms with Gasteiger partial charge in [0.25, 0.3) is 0 Å². The normalized spacial score (nSPS) is 21.4. The Morgan fingerprint density at radius 1 is 1.11 bits per heavy atom. The van der Waals surface area contributed by atoms with Crippen molar-refractivity contribution in [3.05, 3.63) is 0 Å². The van der Waals surface area contributed by atoms with E-state index in [1.165, 1.54) is 4.90 Å². The molecule has 1 heterocycles. The largest absolute Gasteiger partial charge is 0.356 e. The van der Waals surface area contributed by atoms with E-state index in [2.05, 4.69) is 16.0 Å². The van der Waals surface area contributed by atoms with E-state index in [9.17, 15) is 24.0 Å². The fourth-order valence-electron chi connectivity index (χ4n) is 4.97. The smallest absolute Gasteiger partial charge is 0.245 e. The molecule has 4 amide bonds. The summed E-state index contributed by atoms with van der Waals surface area (Å²) >= 11 is 0. The molecule has 9 heteroatoms. The minimum Gasteiger partial charge on any atom is -0.356 e. The van der Waals surface area contributed by atoms with Crippen molar-refractivity contribution in [3.8, 4) is 0 Å². The van der Waals surface area contributed by atoms with Crippen LogP contribution in [0.3, 0.4) is 0 Å². The SMILES string of the molecule is CCC[C@@H](C(=O)N[C@H](C=O)C[C@@H]1CCCNC1=O)N(C)C(=O)[C@H](NC(=O)C(C)(C)C)C1CCCC1. The van der Waals surface area contributed by atoms with Crippen LogP contribution >= 0.6 is 0 Å². The minimum absolute atomic E-state index is 0.0362. The van der Waals surface area contributed by atoms with E-state index in [4.69, 9.17) is 0 Å². The lowest BCUT2D eigenvalue weighted by atomic mass is 9.91.